The minimum atomic E-state index is -4.81. The number of alkyl halides is 3. The van der Waals surface area contributed by atoms with E-state index in [1.807, 2.05) is 0 Å². The summed E-state index contributed by atoms with van der Waals surface area (Å²) in [6.07, 6.45) is -4.63. The Morgan fingerprint density at radius 2 is 1.82 bits per heavy atom. The molecule has 6 nitrogen and oxygen atoms in total. The van der Waals surface area contributed by atoms with Gasteiger partial charge in [-0.15, -0.1) is 0 Å². The van der Waals surface area contributed by atoms with E-state index in [4.69, 9.17) is 9.84 Å². The minimum absolute atomic E-state index is 0.00248. The maximum atomic E-state index is 14.5. The molecule has 212 valence electrons. The highest BCUT2D eigenvalue weighted by molar-refractivity contribution is 7.92. The number of fused-ring (bicyclic) bond motifs is 1. The molecule has 0 amide bonds. The van der Waals surface area contributed by atoms with Gasteiger partial charge < -0.3 is 9.84 Å². The molecule has 12 heteroatoms. The Hall–Kier alpha value is -3.93. The first-order chi connectivity index (χ1) is 18.7. The Bertz CT molecular complexity index is 1600. The maximum Gasteiger partial charge on any atom is 0.417 e. The van der Waals surface area contributed by atoms with Crippen molar-refractivity contribution in [1.82, 2.24) is 0 Å². The van der Waals surface area contributed by atoms with Gasteiger partial charge in [-0.05, 0) is 79.4 Å². The van der Waals surface area contributed by atoms with E-state index in [0.717, 1.165) is 40.7 Å². The number of sulfonamides is 1. The summed E-state index contributed by atoms with van der Waals surface area (Å²) >= 11 is 0. The number of aliphatic carboxylic acids is 1. The van der Waals surface area contributed by atoms with Crippen molar-refractivity contribution < 1.29 is 45.0 Å². The normalized spacial score (nSPS) is 15.9. The number of carbonyl (C=O) groups is 1. The van der Waals surface area contributed by atoms with E-state index in [0.29, 0.717) is 0 Å². The SMILES string of the molecule is C/C(=C\c1ccc2c(c1)N(S(=O)(=O)c1ccc(F)c(C)c1)C[C@H](CCC(=O)O)O2)c1c(F)cccc1C(F)(F)F. The van der Waals surface area contributed by atoms with E-state index in [9.17, 15) is 35.2 Å². The molecule has 1 aliphatic heterocycles. The standard InChI is InChI=1S/C28H24F5NO5S/c1-16-13-20(8-9-22(16)29)40(37,38)34-15-19(7-11-26(35)36)39-25-10-6-18(14-24(25)34)12-17(2)27-21(28(31,32)33)4-3-5-23(27)30/h3-6,8-10,12-14,19H,7,11,15H2,1-2H3,(H,35,36)/b17-12+/t19-/m0/s1. The highest BCUT2D eigenvalue weighted by Gasteiger charge is 2.36. The Morgan fingerprint density at radius 1 is 1.10 bits per heavy atom. The van der Waals surface area contributed by atoms with Crippen molar-refractivity contribution >= 4 is 33.3 Å². The van der Waals surface area contributed by atoms with Gasteiger partial charge in [0.25, 0.3) is 10.0 Å². The summed E-state index contributed by atoms with van der Waals surface area (Å²) in [5.74, 6) is -2.67. The van der Waals surface area contributed by atoms with Gasteiger partial charge in [0.15, 0.2) is 0 Å². The molecule has 1 N–H and O–H groups in total. The summed E-state index contributed by atoms with van der Waals surface area (Å²) in [6, 6.07) is 10.2. The molecule has 0 saturated heterocycles. The van der Waals surface area contributed by atoms with Crippen molar-refractivity contribution in [1.29, 1.82) is 0 Å². The molecule has 0 aromatic heterocycles. The van der Waals surface area contributed by atoms with Crippen LogP contribution in [-0.2, 0) is 21.0 Å². The number of halogens is 5. The summed E-state index contributed by atoms with van der Waals surface area (Å²) in [6.45, 7) is 2.44. The van der Waals surface area contributed by atoms with Gasteiger partial charge in [-0.2, -0.15) is 13.2 Å². The lowest BCUT2D eigenvalue weighted by Gasteiger charge is -2.35. The molecule has 0 radical (unpaired) electrons. The lowest BCUT2D eigenvalue weighted by atomic mass is 9.97. The van der Waals surface area contributed by atoms with Crippen LogP contribution in [0.4, 0.5) is 27.6 Å². The molecule has 0 unspecified atom stereocenters. The fourth-order valence-corrected chi connectivity index (χ4v) is 6.05. The van der Waals surface area contributed by atoms with Gasteiger partial charge in [-0.25, -0.2) is 17.2 Å². The predicted octanol–water partition coefficient (Wildman–Crippen LogP) is 6.67. The average molecular weight is 582 g/mol. The first kappa shape index (κ1) is 29.1. The van der Waals surface area contributed by atoms with Gasteiger partial charge in [0.2, 0.25) is 0 Å². The van der Waals surface area contributed by atoms with Crippen LogP contribution in [0.5, 0.6) is 5.75 Å². The van der Waals surface area contributed by atoms with Crippen molar-refractivity contribution in [3.63, 3.8) is 0 Å². The van der Waals surface area contributed by atoms with E-state index < -0.39 is 51.0 Å². The number of allylic oxidation sites excluding steroid dienone is 1. The van der Waals surface area contributed by atoms with Gasteiger partial charge in [-0.1, -0.05) is 18.2 Å². The number of carboxylic acids is 1. The van der Waals surface area contributed by atoms with Crippen LogP contribution in [0.1, 0.15) is 42.0 Å². The molecule has 0 saturated carbocycles. The molecule has 4 rings (SSSR count). The highest BCUT2D eigenvalue weighted by Crippen LogP contribution is 2.41. The summed E-state index contributed by atoms with van der Waals surface area (Å²) in [5, 5.41) is 9.08. The molecule has 0 spiro atoms. The van der Waals surface area contributed by atoms with Crippen molar-refractivity contribution in [3.8, 4) is 5.75 Å². The zero-order valence-electron chi connectivity index (χ0n) is 21.3. The van der Waals surface area contributed by atoms with E-state index in [-0.39, 0.29) is 52.4 Å². The molecule has 1 aliphatic rings. The van der Waals surface area contributed by atoms with Crippen molar-refractivity contribution in [2.75, 3.05) is 10.8 Å². The van der Waals surface area contributed by atoms with E-state index in [2.05, 4.69) is 0 Å². The summed E-state index contributed by atoms with van der Waals surface area (Å²) < 4.78 is 103. The fraction of sp³-hybridized carbons (Fsp3) is 0.250. The Morgan fingerprint density at radius 3 is 2.48 bits per heavy atom. The third-order valence-electron chi connectivity index (χ3n) is 6.41. The number of ether oxygens (including phenoxy) is 1. The molecule has 40 heavy (non-hydrogen) atoms. The molecular formula is C28H24F5NO5S. The number of anilines is 1. The molecule has 1 heterocycles. The smallest absolute Gasteiger partial charge is 0.417 e. The molecule has 3 aromatic carbocycles. The van der Waals surface area contributed by atoms with Gasteiger partial charge >= 0.3 is 12.1 Å². The largest absolute Gasteiger partial charge is 0.486 e. The first-order valence-corrected chi connectivity index (χ1v) is 13.5. The second-order valence-corrected chi connectivity index (χ2v) is 11.2. The van der Waals surface area contributed by atoms with Crippen molar-refractivity contribution in [3.05, 3.63) is 88.5 Å². The summed E-state index contributed by atoms with van der Waals surface area (Å²) in [7, 11) is -4.31. The quantitative estimate of drug-likeness (QED) is 0.249. The van der Waals surface area contributed by atoms with Crippen LogP contribution in [0.3, 0.4) is 0 Å². The summed E-state index contributed by atoms with van der Waals surface area (Å²) in [4.78, 5) is 10.9. The topological polar surface area (TPSA) is 83.9 Å². The number of carboxylic acid groups (broad SMARTS) is 1. The van der Waals surface area contributed by atoms with Crippen LogP contribution in [0.25, 0.3) is 11.6 Å². The molecule has 0 fully saturated rings. The zero-order valence-corrected chi connectivity index (χ0v) is 22.1. The molecular weight excluding hydrogens is 557 g/mol. The van der Waals surface area contributed by atoms with E-state index in [1.165, 1.54) is 38.1 Å². The molecule has 1 atom stereocenters. The van der Waals surface area contributed by atoms with Gasteiger partial charge in [0.05, 0.1) is 22.7 Å². The third kappa shape index (κ3) is 5.96. The lowest BCUT2D eigenvalue weighted by Crippen LogP contribution is -2.43. The van der Waals surface area contributed by atoms with Gasteiger partial charge in [-0.3, -0.25) is 9.10 Å². The maximum absolute atomic E-state index is 14.5. The highest BCUT2D eigenvalue weighted by atomic mass is 32.2. The van der Waals surface area contributed by atoms with Crippen molar-refractivity contribution in [2.45, 2.75) is 43.9 Å². The Kier molecular flexibility index (Phi) is 7.93. The average Bonchev–Trinajstić information content (AvgIpc) is 2.87. The van der Waals surface area contributed by atoms with Crippen LogP contribution in [0.15, 0.2) is 59.5 Å². The van der Waals surface area contributed by atoms with Crippen LogP contribution in [0, 0.1) is 18.6 Å². The van der Waals surface area contributed by atoms with Crippen LogP contribution in [-0.4, -0.2) is 32.1 Å². The second-order valence-electron chi connectivity index (χ2n) is 9.33. The number of benzene rings is 3. The second kappa shape index (κ2) is 10.9. The zero-order chi connectivity index (χ0) is 29.4. The predicted molar refractivity (Wildman–Crippen MR) is 138 cm³/mol. The third-order valence-corrected chi connectivity index (χ3v) is 8.18. The number of hydrogen-bond acceptors (Lipinski definition) is 4. The Labute approximate surface area is 227 Å². The number of nitrogens with zero attached hydrogens (tertiary/aromatic N) is 1. The number of rotatable bonds is 7. The molecule has 0 bridgehead atoms. The van der Waals surface area contributed by atoms with E-state index in [1.54, 1.807) is 0 Å². The Balaban J connectivity index is 1.81. The van der Waals surface area contributed by atoms with Gasteiger partial charge in [0, 0.05) is 12.0 Å². The molecule has 3 aromatic rings. The lowest BCUT2D eigenvalue weighted by molar-refractivity contribution is -0.138. The number of hydrogen-bond donors (Lipinski definition) is 1. The van der Waals surface area contributed by atoms with E-state index >= 15 is 0 Å². The molecule has 0 aliphatic carbocycles. The monoisotopic (exact) mass is 581 g/mol. The van der Waals surface area contributed by atoms with Crippen molar-refractivity contribution in [2.24, 2.45) is 0 Å². The van der Waals surface area contributed by atoms with Crippen LogP contribution in [0.2, 0.25) is 0 Å². The minimum Gasteiger partial charge on any atom is -0.486 e. The van der Waals surface area contributed by atoms with Crippen LogP contribution >= 0.6 is 0 Å². The first-order valence-electron chi connectivity index (χ1n) is 12.0. The number of aryl methyl sites for hydroxylation is 1. The summed E-state index contributed by atoms with van der Waals surface area (Å²) in [5.41, 5.74) is -1.45. The van der Waals surface area contributed by atoms with Crippen LogP contribution < -0.4 is 9.04 Å². The van der Waals surface area contributed by atoms with Gasteiger partial charge in [0.1, 0.15) is 23.5 Å². The fourth-order valence-electron chi connectivity index (χ4n) is 4.47.